The Morgan fingerprint density at radius 2 is 1.26 bits per heavy atom. The van der Waals surface area contributed by atoms with Crippen molar-refractivity contribution < 1.29 is 38.4 Å². The van der Waals surface area contributed by atoms with Gasteiger partial charge in [-0.2, -0.15) is 0 Å². The summed E-state index contributed by atoms with van der Waals surface area (Å²) in [6.07, 6.45) is 0.730. The first-order chi connectivity index (χ1) is 20.0. The van der Waals surface area contributed by atoms with Gasteiger partial charge in [-0.1, -0.05) is 54.6 Å². The third kappa shape index (κ3) is 10.8. The van der Waals surface area contributed by atoms with Gasteiger partial charge in [0.05, 0.1) is 12.2 Å². The maximum Gasteiger partial charge on any atom is 0.328 e. The number of carboxylic acids is 2. The number of halogens is 2. The Bertz CT molecular complexity index is 1230. The van der Waals surface area contributed by atoms with Crippen molar-refractivity contribution in [3.63, 3.8) is 0 Å². The van der Waals surface area contributed by atoms with E-state index in [1.54, 1.807) is 24.3 Å². The van der Waals surface area contributed by atoms with E-state index in [1.807, 2.05) is 37.3 Å². The molecule has 0 aromatic heterocycles. The second-order valence-corrected chi connectivity index (χ2v) is 10.1. The summed E-state index contributed by atoms with van der Waals surface area (Å²) in [5.41, 5.74) is 1.71. The maximum absolute atomic E-state index is 13.4. The molecule has 0 spiro atoms. The van der Waals surface area contributed by atoms with E-state index in [0.29, 0.717) is 25.3 Å². The molecular formula is C32H36F2N2O6. The molecule has 0 saturated carbocycles. The van der Waals surface area contributed by atoms with Crippen LogP contribution in [0, 0.1) is 11.6 Å². The molecule has 10 heteroatoms. The minimum absolute atomic E-state index is 0.300. The van der Waals surface area contributed by atoms with Gasteiger partial charge in [0.15, 0.2) is 0 Å². The molecule has 3 aromatic rings. The molecule has 1 heterocycles. The third-order valence-corrected chi connectivity index (χ3v) is 6.80. The monoisotopic (exact) mass is 582 g/mol. The highest BCUT2D eigenvalue weighted by Crippen LogP contribution is 2.27. The average molecular weight is 583 g/mol. The molecule has 1 atom stereocenters. The molecule has 4 rings (SSSR count). The smallest absolute Gasteiger partial charge is 0.328 e. The van der Waals surface area contributed by atoms with Crippen LogP contribution < -0.4 is 0 Å². The van der Waals surface area contributed by atoms with Crippen LogP contribution in [0.2, 0.25) is 0 Å². The average Bonchev–Trinajstić information content (AvgIpc) is 2.97. The van der Waals surface area contributed by atoms with Gasteiger partial charge >= 0.3 is 11.9 Å². The largest absolute Gasteiger partial charge is 0.478 e. The first-order valence-electron chi connectivity index (χ1n) is 13.5. The second kappa shape index (κ2) is 15.9. The van der Waals surface area contributed by atoms with Crippen LogP contribution in [0.25, 0.3) is 0 Å². The molecule has 0 aliphatic carbocycles. The van der Waals surface area contributed by atoms with Crippen molar-refractivity contribution >= 4 is 11.9 Å². The minimum Gasteiger partial charge on any atom is -0.478 e. The van der Waals surface area contributed by atoms with Crippen LogP contribution in [-0.2, 0) is 19.9 Å². The van der Waals surface area contributed by atoms with Gasteiger partial charge in [0, 0.05) is 51.4 Å². The lowest BCUT2D eigenvalue weighted by atomic mass is 9.95. The van der Waals surface area contributed by atoms with Crippen LogP contribution in [0.1, 0.15) is 29.7 Å². The molecule has 3 aromatic carbocycles. The fourth-order valence-corrected chi connectivity index (χ4v) is 4.60. The fraction of sp³-hybridized carbons (Fsp3) is 0.312. The highest BCUT2D eigenvalue weighted by atomic mass is 19.1. The Morgan fingerprint density at radius 1 is 0.810 bits per heavy atom. The summed E-state index contributed by atoms with van der Waals surface area (Å²) >= 11 is 0. The highest BCUT2D eigenvalue weighted by Gasteiger charge is 2.28. The van der Waals surface area contributed by atoms with E-state index in [-0.39, 0.29) is 17.7 Å². The number of rotatable bonds is 11. The molecule has 42 heavy (non-hydrogen) atoms. The van der Waals surface area contributed by atoms with Crippen molar-refractivity contribution in [1.82, 2.24) is 9.80 Å². The lowest BCUT2D eigenvalue weighted by molar-refractivity contribution is -0.134. The minimum atomic E-state index is -1.26. The van der Waals surface area contributed by atoms with Gasteiger partial charge in [0.1, 0.15) is 17.7 Å². The number of benzene rings is 3. The molecule has 1 fully saturated rings. The number of aliphatic hydroxyl groups is 1. The molecule has 0 bridgehead atoms. The molecule has 1 saturated heterocycles. The number of β-amino-alcohol motifs (C(OH)–C–C–N with tert-alkyl or cyclic N) is 1. The first kappa shape index (κ1) is 32.6. The number of aliphatic carboxylic acids is 2. The summed E-state index contributed by atoms with van der Waals surface area (Å²) in [4.78, 5) is 23.8. The fourth-order valence-electron chi connectivity index (χ4n) is 4.60. The van der Waals surface area contributed by atoms with Crippen LogP contribution >= 0.6 is 0 Å². The summed E-state index contributed by atoms with van der Waals surface area (Å²) in [6, 6.07) is 22.3. The molecule has 224 valence electrons. The van der Waals surface area contributed by atoms with Gasteiger partial charge in [0.25, 0.3) is 0 Å². The standard InChI is InChI=1S/C28H32F2N2O2.C4H4O4/c1-28(33,24-5-3-2-4-6-24)21-32-17-15-31(16-18-32)19-20-34-27(22-7-11-25(29)12-8-22)23-9-13-26(30)14-10-23;5-3(6)1-2-4(7)8/h2-14,27,33H,15-21H2,1H3;1-2H,(H,5,6)(H,7,8)/b;2-1+. The van der Waals surface area contributed by atoms with Crippen LogP contribution in [0.4, 0.5) is 8.78 Å². The number of ether oxygens (including phenoxy) is 1. The van der Waals surface area contributed by atoms with E-state index in [1.165, 1.54) is 24.3 Å². The number of hydrogen-bond donors (Lipinski definition) is 3. The van der Waals surface area contributed by atoms with Crippen molar-refractivity contribution in [2.24, 2.45) is 0 Å². The van der Waals surface area contributed by atoms with Gasteiger partial charge in [-0.3, -0.25) is 9.80 Å². The molecule has 1 aliphatic heterocycles. The van der Waals surface area contributed by atoms with E-state index in [2.05, 4.69) is 9.80 Å². The van der Waals surface area contributed by atoms with Crippen LogP contribution in [0.15, 0.2) is 91.0 Å². The number of carboxylic acid groups (broad SMARTS) is 2. The van der Waals surface area contributed by atoms with Crippen LogP contribution in [0.5, 0.6) is 0 Å². The van der Waals surface area contributed by atoms with E-state index >= 15 is 0 Å². The number of hydrogen-bond acceptors (Lipinski definition) is 6. The van der Waals surface area contributed by atoms with Gasteiger partial charge in [-0.25, -0.2) is 18.4 Å². The molecular weight excluding hydrogens is 546 g/mol. The van der Waals surface area contributed by atoms with Crippen molar-refractivity contribution in [2.45, 2.75) is 18.6 Å². The quantitative estimate of drug-likeness (QED) is 0.287. The lowest BCUT2D eigenvalue weighted by Crippen LogP contribution is -2.50. The zero-order valence-electron chi connectivity index (χ0n) is 23.4. The normalized spacial score (nSPS) is 15.6. The lowest BCUT2D eigenvalue weighted by Gasteiger charge is -2.38. The Kier molecular flexibility index (Phi) is 12.3. The number of carbonyl (C=O) groups is 2. The third-order valence-electron chi connectivity index (χ3n) is 6.80. The molecule has 0 radical (unpaired) electrons. The van der Waals surface area contributed by atoms with Crippen molar-refractivity contribution in [3.8, 4) is 0 Å². The number of piperazine rings is 1. The maximum atomic E-state index is 13.4. The predicted octanol–water partition coefficient (Wildman–Crippen LogP) is 4.31. The highest BCUT2D eigenvalue weighted by molar-refractivity contribution is 5.89. The zero-order chi connectivity index (χ0) is 30.5. The SMILES string of the molecule is CC(O)(CN1CCN(CCOC(c2ccc(F)cc2)c2ccc(F)cc2)CC1)c1ccccc1.O=C(O)/C=C/C(=O)O. The van der Waals surface area contributed by atoms with Crippen LogP contribution in [0.3, 0.4) is 0 Å². The summed E-state index contributed by atoms with van der Waals surface area (Å²) in [7, 11) is 0. The second-order valence-electron chi connectivity index (χ2n) is 10.1. The van der Waals surface area contributed by atoms with Crippen molar-refractivity contribution in [3.05, 3.63) is 119 Å². The van der Waals surface area contributed by atoms with Gasteiger partial charge < -0.3 is 20.1 Å². The molecule has 1 aliphatic rings. The number of nitrogens with zero attached hydrogens (tertiary/aromatic N) is 2. The molecule has 3 N–H and O–H groups in total. The first-order valence-corrected chi connectivity index (χ1v) is 13.5. The van der Waals surface area contributed by atoms with E-state index in [4.69, 9.17) is 14.9 Å². The van der Waals surface area contributed by atoms with Crippen molar-refractivity contribution in [2.75, 3.05) is 45.9 Å². The van der Waals surface area contributed by atoms with Gasteiger partial charge in [-0.15, -0.1) is 0 Å². The predicted molar refractivity (Wildman–Crippen MR) is 154 cm³/mol. The molecule has 8 nitrogen and oxygen atoms in total. The zero-order valence-corrected chi connectivity index (χ0v) is 23.4. The van der Waals surface area contributed by atoms with Crippen LogP contribution in [-0.4, -0.2) is 82.9 Å². The van der Waals surface area contributed by atoms with E-state index < -0.39 is 17.5 Å². The van der Waals surface area contributed by atoms with E-state index in [0.717, 1.165) is 49.4 Å². The summed E-state index contributed by atoms with van der Waals surface area (Å²) in [5.74, 6) is -3.11. The molecule has 0 amide bonds. The Morgan fingerprint density at radius 3 is 1.71 bits per heavy atom. The Balaban J connectivity index is 0.000000531. The topological polar surface area (TPSA) is 111 Å². The van der Waals surface area contributed by atoms with E-state index in [9.17, 15) is 23.5 Å². The van der Waals surface area contributed by atoms with Gasteiger partial charge in [-0.05, 0) is 47.9 Å². The molecule has 1 unspecified atom stereocenters. The Labute approximate surface area is 244 Å². The summed E-state index contributed by atoms with van der Waals surface area (Å²) < 4.78 is 33.1. The summed E-state index contributed by atoms with van der Waals surface area (Å²) in [6.45, 7) is 7.28. The Hall–Kier alpha value is -3.96. The van der Waals surface area contributed by atoms with Crippen molar-refractivity contribution in [1.29, 1.82) is 0 Å². The summed E-state index contributed by atoms with van der Waals surface area (Å²) in [5, 5.41) is 26.6. The van der Waals surface area contributed by atoms with Gasteiger partial charge in [0.2, 0.25) is 0 Å².